The maximum atomic E-state index is 12.5. The molecule has 1 unspecified atom stereocenters. The number of nitrogens with zero attached hydrogens (tertiary/aromatic N) is 3. The predicted octanol–water partition coefficient (Wildman–Crippen LogP) is -0.655. The highest BCUT2D eigenvalue weighted by atomic mass is 32.1. The standard InChI is InChI=1S/C22H29N5O9S/c1-36-16-3-2-14(25-13-37)12-15(16)17(18(28)29)26-8-6-23-4-5-24-7-9-27(11-10-26)22(19(30)31,20(32)33)21(34)35/h2-3,12,17,23-24H,4-11H2,1H3,(H,28,29)(H,30,31)(H,32,33)(H,34,35). The molecular formula is C22H29N5O9S. The van der Waals surface area contributed by atoms with Crippen LogP contribution in [0.1, 0.15) is 11.6 Å². The zero-order chi connectivity index (χ0) is 27.6. The molecule has 15 heteroatoms. The van der Waals surface area contributed by atoms with Crippen LogP contribution in [0, 0.1) is 0 Å². The lowest BCUT2D eigenvalue weighted by Gasteiger charge is -2.37. The lowest BCUT2D eigenvalue weighted by molar-refractivity contribution is -0.179. The number of rotatable bonds is 9. The Labute approximate surface area is 217 Å². The van der Waals surface area contributed by atoms with Gasteiger partial charge in [-0.05, 0) is 30.4 Å². The zero-order valence-electron chi connectivity index (χ0n) is 20.0. The second-order valence-electron chi connectivity index (χ2n) is 8.02. The molecule has 14 nitrogen and oxygen atoms in total. The van der Waals surface area contributed by atoms with Gasteiger partial charge in [-0.2, -0.15) is 4.99 Å². The Morgan fingerprint density at radius 3 is 2.08 bits per heavy atom. The first-order valence-corrected chi connectivity index (χ1v) is 11.6. The normalized spacial score (nSPS) is 17.3. The van der Waals surface area contributed by atoms with Crippen LogP contribution in [0.25, 0.3) is 0 Å². The number of aliphatic carboxylic acids is 4. The maximum Gasteiger partial charge on any atom is 0.347 e. The molecule has 0 aliphatic carbocycles. The average Bonchev–Trinajstić information content (AvgIpc) is 2.81. The molecule has 1 saturated heterocycles. The molecule has 0 radical (unpaired) electrons. The molecule has 1 aliphatic heterocycles. The van der Waals surface area contributed by atoms with E-state index in [1.807, 2.05) is 0 Å². The minimum Gasteiger partial charge on any atom is -0.496 e. The summed E-state index contributed by atoms with van der Waals surface area (Å²) in [4.78, 5) is 54.8. The van der Waals surface area contributed by atoms with Crippen LogP contribution < -0.4 is 15.4 Å². The fourth-order valence-electron chi connectivity index (χ4n) is 4.15. The van der Waals surface area contributed by atoms with Crippen LogP contribution in [0.3, 0.4) is 0 Å². The number of hydrogen-bond donors (Lipinski definition) is 6. The van der Waals surface area contributed by atoms with Crippen molar-refractivity contribution < 1.29 is 44.3 Å². The molecule has 1 aromatic rings. The van der Waals surface area contributed by atoms with Gasteiger partial charge in [0.25, 0.3) is 0 Å². The average molecular weight is 540 g/mol. The van der Waals surface area contributed by atoms with E-state index >= 15 is 0 Å². The molecule has 0 spiro atoms. The van der Waals surface area contributed by atoms with Crippen LogP contribution in [0.2, 0.25) is 0 Å². The van der Waals surface area contributed by atoms with Gasteiger partial charge in [-0.1, -0.05) is 0 Å². The Kier molecular flexibility index (Phi) is 11.1. The number of nitrogens with one attached hydrogen (secondary N) is 2. The first-order chi connectivity index (χ1) is 17.6. The van der Waals surface area contributed by atoms with E-state index < -0.39 is 35.5 Å². The minimum absolute atomic E-state index is 0.102. The van der Waals surface area contributed by atoms with Gasteiger partial charge < -0.3 is 35.8 Å². The van der Waals surface area contributed by atoms with E-state index in [-0.39, 0.29) is 44.0 Å². The quantitative estimate of drug-likeness (QED) is 0.131. The highest BCUT2D eigenvalue weighted by molar-refractivity contribution is 7.78. The van der Waals surface area contributed by atoms with Gasteiger partial charge in [0.05, 0.1) is 18.0 Å². The summed E-state index contributed by atoms with van der Waals surface area (Å²) in [5.74, 6) is -7.20. The van der Waals surface area contributed by atoms with Crippen molar-refractivity contribution in [3.05, 3.63) is 23.8 Å². The molecule has 37 heavy (non-hydrogen) atoms. The number of carbonyl (C=O) groups is 4. The predicted molar refractivity (Wildman–Crippen MR) is 133 cm³/mol. The van der Waals surface area contributed by atoms with Crippen molar-refractivity contribution in [2.24, 2.45) is 4.99 Å². The highest BCUT2D eigenvalue weighted by Gasteiger charge is 2.59. The lowest BCUT2D eigenvalue weighted by atomic mass is 9.96. The van der Waals surface area contributed by atoms with E-state index in [0.717, 1.165) is 4.90 Å². The molecule has 1 aromatic carbocycles. The Morgan fingerprint density at radius 2 is 1.57 bits per heavy atom. The first-order valence-electron chi connectivity index (χ1n) is 11.2. The monoisotopic (exact) mass is 539 g/mol. The van der Waals surface area contributed by atoms with Gasteiger partial charge in [0, 0.05) is 57.9 Å². The number of carboxylic acid groups (broad SMARTS) is 4. The van der Waals surface area contributed by atoms with E-state index in [2.05, 4.69) is 33.0 Å². The number of isothiocyanates is 1. The molecule has 0 amide bonds. The van der Waals surface area contributed by atoms with Gasteiger partial charge in [0.1, 0.15) is 11.8 Å². The third kappa shape index (κ3) is 6.85. The smallest absolute Gasteiger partial charge is 0.347 e. The Hall–Kier alpha value is -3.46. The van der Waals surface area contributed by atoms with Crippen LogP contribution >= 0.6 is 12.2 Å². The van der Waals surface area contributed by atoms with Crippen molar-refractivity contribution in [1.82, 2.24) is 20.4 Å². The lowest BCUT2D eigenvalue weighted by Crippen LogP contribution is -2.67. The topological polar surface area (TPSA) is 201 Å². The highest BCUT2D eigenvalue weighted by Crippen LogP contribution is 2.33. The number of ether oxygens (including phenoxy) is 1. The van der Waals surface area contributed by atoms with Gasteiger partial charge in [0.15, 0.2) is 0 Å². The number of carboxylic acids is 4. The van der Waals surface area contributed by atoms with Crippen LogP contribution in [0.4, 0.5) is 5.69 Å². The van der Waals surface area contributed by atoms with E-state index in [9.17, 15) is 39.6 Å². The molecule has 6 N–H and O–H groups in total. The summed E-state index contributed by atoms with van der Waals surface area (Å²) in [7, 11) is 1.37. The van der Waals surface area contributed by atoms with Crippen LogP contribution in [-0.2, 0) is 19.2 Å². The molecule has 0 aromatic heterocycles. The molecule has 1 fully saturated rings. The molecular weight excluding hydrogens is 510 g/mol. The Morgan fingerprint density at radius 1 is 0.973 bits per heavy atom. The third-order valence-electron chi connectivity index (χ3n) is 5.95. The zero-order valence-corrected chi connectivity index (χ0v) is 20.9. The van der Waals surface area contributed by atoms with Crippen LogP contribution in [-0.4, -0.2) is 124 Å². The second kappa shape index (κ2) is 13.7. The largest absolute Gasteiger partial charge is 0.496 e. The van der Waals surface area contributed by atoms with Gasteiger partial charge in [-0.3, -0.25) is 14.6 Å². The molecule has 0 saturated carbocycles. The second-order valence-corrected chi connectivity index (χ2v) is 8.20. The van der Waals surface area contributed by atoms with E-state index in [4.69, 9.17) is 4.74 Å². The van der Waals surface area contributed by atoms with Gasteiger partial charge in [-0.25, -0.2) is 14.4 Å². The number of aliphatic imine (C=N–C) groups is 1. The number of thiocarbonyl (C=S) groups is 1. The SMILES string of the molecule is COc1ccc(N=C=S)cc1C(C(=O)O)N1CCNCCNCCN(C(C(=O)O)(C(=O)O)C(=O)O)CC1. The van der Waals surface area contributed by atoms with E-state index in [0.29, 0.717) is 25.3 Å². The van der Waals surface area contributed by atoms with Crippen molar-refractivity contribution in [2.75, 3.05) is 59.5 Å². The number of hydrogen-bond acceptors (Lipinski definition) is 11. The van der Waals surface area contributed by atoms with E-state index in [1.54, 1.807) is 6.07 Å². The van der Waals surface area contributed by atoms with Crippen molar-refractivity contribution in [3.8, 4) is 5.75 Å². The summed E-state index contributed by atoms with van der Waals surface area (Å²) in [6.45, 7) is 0.706. The molecule has 202 valence electrons. The summed E-state index contributed by atoms with van der Waals surface area (Å²) in [5.41, 5.74) is -2.71. The van der Waals surface area contributed by atoms with Crippen molar-refractivity contribution in [3.63, 3.8) is 0 Å². The molecule has 1 aliphatic rings. The summed E-state index contributed by atoms with van der Waals surface area (Å²) < 4.78 is 5.36. The maximum absolute atomic E-state index is 12.5. The number of benzene rings is 1. The molecule has 2 rings (SSSR count). The van der Waals surface area contributed by atoms with Crippen molar-refractivity contribution >= 4 is 46.9 Å². The van der Waals surface area contributed by atoms with Crippen LogP contribution in [0.15, 0.2) is 23.2 Å². The van der Waals surface area contributed by atoms with Crippen molar-refractivity contribution in [1.29, 1.82) is 0 Å². The fourth-order valence-corrected chi connectivity index (χ4v) is 4.26. The molecule has 0 bridgehead atoms. The summed E-state index contributed by atoms with van der Waals surface area (Å²) in [5, 5.41) is 47.7. The molecule has 1 atom stereocenters. The van der Waals surface area contributed by atoms with E-state index in [1.165, 1.54) is 24.1 Å². The summed E-state index contributed by atoms with van der Waals surface area (Å²) >= 11 is 4.64. The number of methoxy groups -OCH3 is 1. The van der Waals surface area contributed by atoms with Crippen molar-refractivity contribution in [2.45, 2.75) is 11.6 Å². The first kappa shape index (κ1) is 29.8. The van der Waals surface area contributed by atoms with Gasteiger partial charge in [-0.15, -0.1) is 0 Å². The van der Waals surface area contributed by atoms with Gasteiger partial charge >= 0.3 is 29.4 Å². The molecule has 1 heterocycles. The fraction of sp³-hybridized carbons (Fsp3) is 0.500. The summed E-state index contributed by atoms with van der Waals surface area (Å²) in [6, 6.07) is 3.23. The third-order valence-corrected chi connectivity index (χ3v) is 6.05. The van der Waals surface area contributed by atoms with Gasteiger partial charge in [0.2, 0.25) is 0 Å². The minimum atomic E-state index is -3.26. The summed E-state index contributed by atoms with van der Waals surface area (Å²) in [6.07, 6.45) is 0. The Balaban J connectivity index is 2.57. The Bertz CT molecular complexity index is 1030. The van der Waals surface area contributed by atoms with Crippen LogP contribution in [0.5, 0.6) is 5.75 Å².